The highest BCUT2D eigenvalue weighted by Crippen LogP contribution is 2.47. The SMILES string of the molecule is [2H]C1([2H])CCCC([2H])([2H])C1(c1ccccc1)c1ccnc(-n2c3ccccc3c3ccc(Oc4cc(-c5c(C)cc(C)cc5C)cc(N5CN(C)c6ccccc65)c4)cc32)c1. The van der Waals surface area contributed by atoms with Crippen LogP contribution in [0.2, 0.25) is 0 Å². The number of fused-ring (bicyclic) bond motifs is 4. The van der Waals surface area contributed by atoms with E-state index in [2.05, 4.69) is 121 Å². The van der Waals surface area contributed by atoms with Crippen molar-refractivity contribution in [3.8, 4) is 28.4 Å². The second kappa shape index (κ2) is 14.0. The highest BCUT2D eigenvalue weighted by atomic mass is 16.5. The fourth-order valence-corrected chi connectivity index (χ4v) is 9.31. The topological polar surface area (TPSA) is 33.5 Å². The number of hydrogen-bond acceptors (Lipinski definition) is 4. The van der Waals surface area contributed by atoms with Crippen molar-refractivity contribution < 1.29 is 10.2 Å². The first-order chi connectivity index (χ1) is 29.4. The van der Waals surface area contributed by atoms with Gasteiger partial charge in [-0.25, -0.2) is 4.98 Å². The maximum Gasteiger partial charge on any atom is 0.137 e. The zero-order valence-electron chi connectivity index (χ0n) is 36.9. The molecule has 0 atom stereocenters. The van der Waals surface area contributed by atoms with Crippen molar-refractivity contribution in [3.05, 3.63) is 174 Å². The maximum atomic E-state index is 9.50. The molecule has 2 aliphatic rings. The molecular formula is C52H48N4O. The van der Waals surface area contributed by atoms with Crippen molar-refractivity contribution in [2.24, 2.45) is 0 Å². The van der Waals surface area contributed by atoms with Gasteiger partial charge < -0.3 is 14.5 Å². The van der Waals surface area contributed by atoms with Gasteiger partial charge in [-0.05, 0) is 121 Å². The third-order valence-electron chi connectivity index (χ3n) is 11.7. The predicted octanol–water partition coefficient (Wildman–Crippen LogP) is 13.4. The van der Waals surface area contributed by atoms with Crippen LogP contribution in [0.5, 0.6) is 11.5 Å². The Balaban J connectivity index is 1.13. The van der Waals surface area contributed by atoms with Crippen LogP contribution in [0, 0.1) is 20.8 Å². The van der Waals surface area contributed by atoms with E-state index in [1.54, 1.807) is 12.3 Å². The van der Waals surface area contributed by atoms with Crippen molar-refractivity contribution in [2.75, 3.05) is 23.5 Å². The number of rotatable bonds is 7. The Morgan fingerprint density at radius 1 is 0.632 bits per heavy atom. The van der Waals surface area contributed by atoms with Crippen LogP contribution in [0.3, 0.4) is 0 Å². The van der Waals surface area contributed by atoms with Gasteiger partial charge in [-0.1, -0.05) is 97.6 Å². The summed E-state index contributed by atoms with van der Waals surface area (Å²) in [6, 6.07) is 47.0. The molecule has 282 valence electrons. The largest absolute Gasteiger partial charge is 0.457 e. The number of para-hydroxylation sites is 3. The van der Waals surface area contributed by atoms with Crippen LogP contribution < -0.4 is 14.5 Å². The number of aryl methyl sites for hydroxylation is 3. The highest BCUT2D eigenvalue weighted by molar-refractivity contribution is 6.09. The molecule has 8 aromatic rings. The lowest BCUT2D eigenvalue weighted by Gasteiger charge is -2.38. The number of benzene rings is 6. The van der Waals surface area contributed by atoms with Gasteiger partial charge in [-0.3, -0.25) is 4.57 Å². The Morgan fingerprint density at radius 2 is 1.35 bits per heavy atom. The minimum Gasteiger partial charge on any atom is -0.457 e. The lowest BCUT2D eigenvalue weighted by molar-refractivity contribution is 0.345. The Hall–Kier alpha value is -6.33. The third-order valence-corrected chi connectivity index (χ3v) is 11.7. The van der Waals surface area contributed by atoms with E-state index in [0.717, 1.165) is 38.7 Å². The number of hydrogen-bond donors (Lipinski definition) is 0. The van der Waals surface area contributed by atoms with Gasteiger partial charge in [-0.2, -0.15) is 0 Å². The summed E-state index contributed by atoms with van der Waals surface area (Å²) in [5.74, 6) is 1.96. The third kappa shape index (κ3) is 6.04. The first-order valence-corrected chi connectivity index (χ1v) is 19.9. The number of nitrogens with zero attached hydrogens (tertiary/aromatic N) is 4. The Morgan fingerprint density at radius 3 is 2.16 bits per heavy atom. The summed E-state index contributed by atoms with van der Waals surface area (Å²) in [7, 11) is 2.12. The predicted molar refractivity (Wildman–Crippen MR) is 237 cm³/mol. The standard InChI is InChI=1S/C52H48N4O/c1-35-27-36(2)51(37(3)28-35)38-29-41(55-34-54(4)47-19-11-12-20-48(47)55)32-43(30-38)57-42-21-22-45-44-17-9-10-18-46(44)56(49(45)33-42)50-31-40(23-26-53-50)52(24-13-6-14-25-52)39-15-7-5-8-16-39/h5,7-12,15-23,26-33H,6,13-14,24-25,34H2,1-4H3/i24D2,25D2. The van der Waals surface area contributed by atoms with Crippen LogP contribution in [-0.2, 0) is 5.41 Å². The molecule has 0 bridgehead atoms. The zero-order chi connectivity index (χ0) is 42.3. The van der Waals surface area contributed by atoms with Gasteiger partial charge in [0, 0.05) is 52.7 Å². The Kier molecular flexibility index (Phi) is 7.57. The van der Waals surface area contributed by atoms with Gasteiger partial charge in [0.1, 0.15) is 17.3 Å². The van der Waals surface area contributed by atoms with E-state index in [4.69, 9.17) is 9.72 Å². The van der Waals surface area contributed by atoms with Gasteiger partial charge in [0.25, 0.3) is 0 Å². The molecule has 10 rings (SSSR count). The minimum atomic E-state index is -1.87. The highest BCUT2D eigenvalue weighted by Gasteiger charge is 2.36. The minimum absolute atomic E-state index is 0.252. The zero-order valence-corrected chi connectivity index (χ0v) is 32.9. The lowest BCUT2D eigenvalue weighted by Crippen LogP contribution is -2.30. The van der Waals surface area contributed by atoms with Crippen molar-refractivity contribution in [2.45, 2.75) is 58.2 Å². The summed E-state index contributed by atoms with van der Waals surface area (Å²) in [5.41, 5.74) is 10.7. The van der Waals surface area contributed by atoms with Crippen LogP contribution in [0.25, 0.3) is 38.8 Å². The van der Waals surface area contributed by atoms with Crippen molar-refractivity contribution >= 4 is 38.9 Å². The van der Waals surface area contributed by atoms with Crippen LogP contribution in [0.15, 0.2) is 146 Å². The number of aromatic nitrogens is 2. The van der Waals surface area contributed by atoms with E-state index >= 15 is 0 Å². The molecule has 1 aliphatic heterocycles. The molecule has 0 unspecified atom stereocenters. The van der Waals surface area contributed by atoms with Gasteiger partial charge in [0.15, 0.2) is 0 Å². The monoisotopic (exact) mass is 748 g/mol. The first kappa shape index (κ1) is 30.8. The summed E-state index contributed by atoms with van der Waals surface area (Å²) in [6.45, 7) is 7.20. The van der Waals surface area contributed by atoms with E-state index < -0.39 is 18.2 Å². The van der Waals surface area contributed by atoms with Gasteiger partial charge in [0.2, 0.25) is 0 Å². The Labute approximate surface area is 341 Å². The molecule has 57 heavy (non-hydrogen) atoms. The first-order valence-electron chi connectivity index (χ1n) is 21.9. The summed E-state index contributed by atoms with van der Waals surface area (Å²) in [4.78, 5) is 9.53. The molecule has 1 saturated carbocycles. The molecule has 0 saturated heterocycles. The smallest absolute Gasteiger partial charge is 0.137 e. The molecule has 1 aliphatic carbocycles. The quantitative estimate of drug-likeness (QED) is 0.163. The number of pyridine rings is 1. The lowest BCUT2D eigenvalue weighted by atomic mass is 9.65. The van der Waals surface area contributed by atoms with E-state index in [9.17, 15) is 5.48 Å². The molecule has 0 radical (unpaired) electrons. The van der Waals surface area contributed by atoms with Crippen LogP contribution in [-0.4, -0.2) is 23.3 Å². The molecule has 2 aromatic heterocycles. The van der Waals surface area contributed by atoms with Gasteiger partial charge in [0.05, 0.1) is 29.1 Å². The molecular weight excluding hydrogens is 697 g/mol. The molecule has 1 fully saturated rings. The summed E-state index contributed by atoms with van der Waals surface area (Å²) in [5, 5.41) is 2.07. The van der Waals surface area contributed by atoms with Crippen molar-refractivity contribution in [1.29, 1.82) is 0 Å². The molecule has 0 N–H and O–H groups in total. The molecule has 5 heteroatoms. The fourth-order valence-electron chi connectivity index (χ4n) is 9.31. The van der Waals surface area contributed by atoms with E-state index in [-0.39, 0.29) is 12.8 Å². The van der Waals surface area contributed by atoms with Crippen LogP contribution >= 0.6 is 0 Å². The number of anilines is 3. The van der Waals surface area contributed by atoms with Crippen molar-refractivity contribution in [1.82, 2.24) is 9.55 Å². The molecule has 0 spiro atoms. The summed E-state index contributed by atoms with van der Waals surface area (Å²) >= 11 is 0. The van der Waals surface area contributed by atoms with E-state index in [0.29, 0.717) is 41.5 Å². The molecule has 3 heterocycles. The number of ether oxygens (including phenoxy) is 1. The molecule has 6 aromatic carbocycles. The van der Waals surface area contributed by atoms with E-state index in [1.807, 2.05) is 54.6 Å². The summed E-state index contributed by atoms with van der Waals surface area (Å²) in [6.07, 6.45) is -1.06. The van der Waals surface area contributed by atoms with Crippen LogP contribution in [0.1, 0.15) is 65.3 Å². The maximum absolute atomic E-state index is 9.50. The van der Waals surface area contributed by atoms with Crippen LogP contribution in [0.4, 0.5) is 17.1 Å². The summed E-state index contributed by atoms with van der Waals surface area (Å²) < 4.78 is 47.0. The second-order valence-corrected chi connectivity index (χ2v) is 15.6. The fraction of sp³-hybridized carbons (Fsp3) is 0.212. The average molecular weight is 749 g/mol. The van der Waals surface area contributed by atoms with Crippen molar-refractivity contribution in [3.63, 3.8) is 0 Å². The average Bonchev–Trinajstić information content (AvgIpc) is 3.74. The molecule has 5 nitrogen and oxygen atoms in total. The second-order valence-electron chi connectivity index (χ2n) is 15.6. The van der Waals surface area contributed by atoms with E-state index in [1.165, 1.54) is 27.9 Å². The Bertz CT molecular complexity index is 2960. The van der Waals surface area contributed by atoms with Gasteiger partial charge in [-0.15, -0.1) is 0 Å². The normalized spacial score (nSPS) is 17.8. The van der Waals surface area contributed by atoms with Gasteiger partial charge >= 0.3 is 0 Å². The molecule has 0 amide bonds.